The van der Waals surface area contributed by atoms with Gasteiger partial charge >= 0.3 is 12.3 Å². The lowest BCUT2D eigenvalue weighted by Crippen LogP contribution is -2.50. The van der Waals surface area contributed by atoms with Gasteiger partial charge in [-0.3, -0.25) is 14.2 Å². The highest BCUT2D eigenvalue weighted by molar-refractivity contribution is 6.02. The quantitative estimate of drug-likeness (QED) is 0.452. The Bertz CT molecular complexity index is 1520. The Morgan fingerprint density at radius 1 is 1.03 bits per heavy atom. The van der Waals surface area contributed by atoms with E-state index in [1.165, 1.54) is 33.7 Å². The number of aryl methyl sites for hydroxylation is 1. The van der Waals surface area contributed by atoms with Gasteiger partial charge in [0.15, 0.2) is 6.04 Å². The third-order valence-electron chi connectivity index (χ3n) is 7.21. The van der Waals surface area contributed by atoms with Crippen LogP contribution in [-0.2, 0) is 11.8 Å². The predicted octanol–water partition coefficient (Wildman–Crippen LogP) is 5.06. The number of pyridine rings is 2. The number of carbonyl (C=O) groups is 2. The molecule has 0 N–H and O–H groups in total. The summed E-state index contributed by atoms with van der Waals surface area (Å²) in [5.74, 6) is -0.712. The average molecular weight is 543 g/mol. The lowest BCUT2D eigenvalue weighted by molar-refractivity contribution is -0.182. The molecule has 206 valence electrons. The molecular weight excluding hydrogens is 513 g/mol. The van der Waals surface area contributed by atoms with Crippen molar-refractivity contribution in [2.45, 2.75) is 57.5 Å². The van der Waals surface area contributed by atoms with Gasteiger partial charge in [0.05, 0.1) is 0 Å². The zero-order chi connectivity index (χ0) is 28.3. The number of hydrogen-bond donors (Lipinski definition) is 0. The van der Waals surface area contributed by atoms with Gasteiger partial charge in [0.2, 0.25) is 0 Å². The predicted molar refractivity (Wildman–Crippen MR) is 138 cm³/mol. The van der Waals surface area contributed by atoms with Crippen molar-refractivity contribution in [1.29, 1.82) is 0 Å². The highest BCUT2D eigenvalue weighted by atomic mass is 19.4. The standard InChI is InChI=1S/C28H29F3N4O4/c1-27(2,3)39-26(38)34-12-9-17(10-13-34)35-23(28(29,30)31)18-8-7-16(14-21(18)25(35)37)20-15-22(36)33(4)24-19(20)6-5-11-32-24/h5-8,11,14-15,17,23H,9-10,12-13H2,1-4H3. The number of aromatic nitrogens is 2. The number of rotatable bonds is 2. The van der Waals surface area contributed by atoms with Gasteiger partial charge in [-0.1, -0.05) is 12.1 Å². The number of hydrogen-bond acceptors (Lipinski definition) is 5. The Morgan fingerprint density at radius 3 is 2.36 bits per heavy atom. The minimum Gasteiger partial charge on any atom is -0.444 e. The molecule has 2 aliphatic rings. The molecule has 1 atom stereocenters. The number of likely N-dealkylation sites (tertiary alicyclic amines) is 1. The summed E-state index contributed by atoms with van der Waals surface area (Å²) in [4.78, 5) is 45.2. The van der Waals surface area contributed by atoms with E-state index in [0.29, 0.717) is 22.2 Å². The summed E-state index contributed by atoms with van der Waals surface area (Å²) in [5.41, 5.74) is 0.209. The van der Waals surface area contributed by atoms with Crippen molar-refractivity contribution in [3.05, 3.63) is 64.1 Å². The van der Waals surface area contributed by atoms with Gasteiger partial charge in [0.1, 0.15) is 11.2 Å². The van der Waals surface area contributed by atoms with Crippen LogP contribution in [0.2, 0.25) is 0 Å². The van der Waals surface area contributed by atoms with Crippen molar-refractivity contribution in [1.82, 2.24) is 19.4 Å². The van der Waals surface area contributed by atoms with E-state index in [2.05, 4.69) is 4.98 Å². The lowest BCUT2D eigenvalue weighted by Gasteiger charge is -2.40. The highest BCUT2D eigenvalue weighted by Crippen LogP contribution is 2.47. The van der Waals surface area contributed by atoms with Crippen LogP contribution in [0.4, 0.5) is 18.0 Å². The fraction of sp³-hybridized carbons (Fsp3) is 0.429. The molecular formula is C28H29F3N4O4. The number of alkyl halides is 3. The number of benzene rings is 1. The highest BCUT2D eigenvalue weighted by Gasteiger charge is 2.54. The van der Waals surface area contributed by atoms with Crippen molar-refractivity contribution in [3.8, 4) is 11.1 Å². The zero-order valence-corrected chi connectivity index (χ0v) is 22.1. The van der Waals surface area contributed by atoms with Gasteiger partial charge in [-0.2, -0.15) is 13.2 Å². The molecule has 0 aliphatic carbocycles. The Labute approximate surface area is 223 Å². The van der Waals surface area contributed by atoms with E-state index in [-0.39, 0.29) is 42.6 Å². The second kappa shape index (κ2) is 9.39. The van der Waals surface area contributed by atoms with Crippen molar-refractivity contribution >= 4 is 23.0 Å². The number of carbonyl (C=O) groups excluding carboxylic acids is 2. The first-order valence-electron chi connectivity index (χ1n) is 12.7. The Kier molecular flexibility index (Phi) is 6.43. The maximum Gasteiger partial charge on any atom is 0.413 e. The fourth-order valence-corrected chi connectivity index (χ4v) is 5.43. The lowest BCUT2D eigenvalue weighted by atomic mass is 9.96. The zero-order valence-electron chi connectivity index (χ0n) is 22.1. The molecule has 1 saturated heterocycles. The Balaban J connectivity index is 1.48. The van der Waals surface area contributed by atoms with E-state index in [0.717, 1.165) is 4.90 Å². The van der Waals surface area contributed by atoms with Crippen LogP contribution in [0.15, 0.2) is 47.4 Å². The third-order valence-corrected chi connectivity index (χ3v) is 7.21. The van der Waals surface area contributed by atoms with Crippen LogP contribution in [0.1, 0.15) is 55.6 Å². The number of amides is 2. The number of halogens is 3. The Morgan fingerprint density at radius 2 is 1.72 bits per heavy atom. The minimum absolute atomic E-state index is 0.0397. The van der Waals surface area contributed by atoms with Crippen LogP contribution in [-0.4, -0.2) is 62.3 Å². The molecule has 0 radical (unpaired) electrons. The van der Waals surface area contributed by atoms with Crippen LogP contribution in [0.3, 0.4) is 0 Å². The van der Waals surface area contributed by atoms with Gasteiger partial charge in [-0.25, -0.2) is 9.78 Å². The molecule has 8 nitrogen and oxygen atoms in total. The van der Waals surface area contributed by atoms with E-state index in [1.54, 1.807) is 46.1 Å². The Hall–Kier alpha value is -3.89. The van der Waals surface area contributed by atoms with E-state index in [9.17, 15) is 27.6 Å². The molecule has 0 saturated carbocycles. The van der Waals surface area contributed by atoms with Crippen LogP contribution < -0.4 is 5.56 Å². The first kappa shape index (κ1) is 26.7. The van der Waals surface area contributed by atoms with Crippen LogP contribution >= 0.6 is 0 Å². The van der Waals surface area contributed by atoms with Crippen LogP contribution in [0.25, 0.3) is 22.2 Å². The molecule has 39 heavy (non-hydrogen) atoms. The maximum atomic E-state index is 14.4. The van der Waals surface area contributed by atoms with Crippen LogP contribution in [0.5, 0.6) is 0 Å². The van der Waals surface area contributed by atoms with Gasteiger partial charge in [-0.05, 0) is 68.5 Å². The maximum absolute atomic E-state index is 14.4. The number of nitrogens with zero attached hydrogens (tertiary/aromatic N) is 4. The van der Waals surface area contributed by atoms with E-state index in [1.807, 2.05) is 0 Å². The van der Waals surface area contributed by atoms with Gasteiger partial charge in [0, 0.05) is 49.4 Å². The molecule has 2 aliphatic heterocycles. The summed E-state index contributed by atoms with van der Waals surface area (Å²) in [6.07, 6.45) is -3.26. The minimum atomic E-state index is -4.69. The first-order valence-corrected chi connectivity index (χ1v) is 12.7. The SMILES string of the molecule is Cn1c(=O)cc(-c2ccc3c(c2)C(=O)N(C2CCN(C(=O)OC(C)(C)C)CC2)C3C(F)(F)F)c2cccnc21. The topological polar surface area (TPSA) is 84.7 Å². The van der Waals surface area contributed by atoms with Crippen LogP contribution in [0, 0.1) is 0 Å². The summed E-state index contributed by atoms with van der Waals surface area (Å²) in [5, 5.41) is 0.642. The smallest absolute Gasteiger partial charge is 0.413 e. The van der Waals surface area contributed by atoms with Crippen molar-refractivity contribution < 1.29 is 27.5 Å². The third kappa shape index (κ3) is 4.86. The molecule has 4 heterocycles. The van der Waals surface area contributed by atoms with E-state index >= 15 is 0 Å². The van der Waals surface area contributed by atoms with Crippen molar-refractivity contribution in [2.24, 2.45) is 7.05 Å². The van der Waals surface area contributed by atoms with Gasteiger partial charge in [-0.15, -0.1) is 0 Å². The summed E-state index contributed by atoms with van der Waals surface area (Å²) in [6, 6.07) is 6.37. The van der Waals surface area contributed by atoms with Gasteiger partial charge < -0.3 is 14.5 Å². The molecule has 2 aromatic heterocycles. The molecule has 1 fully saturated rings. The second-order valence-corrected chi connectivity index (χ2v) is 11.0. The summed E-state index contributed by atoms with van der Waals surface area (Å²) < 4.78 is 50.0. The fourth-order valence-electron chi connectivity index (χ4n) is 5.43. The number of piperidine rings is 1. The molecule has 5 rings (SSSR count). The molecule has 0 spiro atoms. The second-order valence-electron chi connectivity index (χ2n) is 11.0. The van der Waals surface area contributed by atoms with Crippen molar-refractivity contribution in [3.63, 3.8) is 0 Å². The molecule has 1 aromatic carbocycles. The number of fused-ring (bicyclic) bond motifs is 2. The molecule has 0 bridgehead atoms. The molecule has 11 heteroatoms. The van der Waals surface area contributed by atoms with E-state index < -0.39 is 35.9 Å². The normalized spacial score (nSPS) is 18.5. The average Bonchev–Trinajstić information content (AvgIpc) is 3.17. The van der Waals surface area contributed by atoms with Gasteiger partial charge in [0.25, 0.3) is 11.5 Å². The summed E-state index contributed by atoms with van der Waals surface area (Å²) in [7, 11) is 1.59. The summed E-state index contributed by atoms with van der Waals surface area (Å²) in [6.45, 7) is 5.59. The first-order chi connectivity index (χ1) is 18.3. The van der Waals surface area contributed by atoms with E-state index in [4.69, 9.17) is 4.74 Å². The molecule has 3 aromatic rings. The van der Waals surface area contributed by atoms with Crippen molar-refractivity contribution in [2.75, 3.05) is 13.1 Å². The number of ether oxygens (including phenoxy) is 1. The molecule has 2 amide bonds. The summed E-state index contributed by atoms with van der Waals surface area (Å²) >= 11 is 0. The molecule has 1 unspecified atom stereocenters. The largest absolute Gasteiger partial charge is 0.444 e. The monoisotopic (exact) mass is 542 g/mol.